The van der Waals surface area contributed by atoms with Crippen LogP contribution in [-0.4, -0.2) is 17.6 Å². The van der Waals surface area contributed by atoms with Crippen molar-refractivity contribution in [2.45, 2.75) is 5.75 Å². The van der Waals surface area contributed by atoms with E-state index in [0.717, 1.165) is 16.9 Å². The number of carbonyl (C=O) groups is 2. The van der Waals surface area contributed by atoms with Crippen LogP contribution in [0.25, 0.3) is 0 Å². The van der Waals surface area contributed by atoms with Crippen molar-refractivity contribution in [3.05, 3.63) is 95.0 Å². The highest BCUT2D eigenvalue weighted by molar-refractivity contribution is 7.99. The molecular weight excluding hydrogens is 392 g/mol. The number of anilines is 2. The summed E-state index contributed by atoms with van der Waals surface area (Å²) in [6.07, 6.45) is 0. The van der Waals surface area contributed by atoms with Crippen LogP contribution in [-0.2, 0) is 10.5 Å². The summed E-state index contributed by atoms with van der Waals surface area (Å²) in [5.41, 5.74) is 3.14. The monoisotopic (exact) mass is 410 g/mol. The molecule has 0 heterocycles. The lowest BCUT2D eigenvalue weighted by molar-refractivity contribution is -0.113. The number of amides is 2. The molecule has 0 aliphatic carbocycles. The van der Waals surface area contributed by atoms with Gasteiger partial charge in [0.25, 0.3) is 5.91 Å². The van der Waals surface area contributed by atoms with Crippen molar-refractivity contribution in [3.63, 3.8) is 0 Å². The minimum absolute atomic E-state index is 0.0637. The number of nitrogens with one attached hydrogen (secondary N) is 2. The van der Waals surface area contributed by atoms with Crippen molar-refractivity contribution in [2.75, 3.05) is 16.4 Å². The first-order valence-electron chi connectivity index (χ1n) is 8.69. The van der Waals surface area contributed by atoms with Gasteiger partial charge in [-0.2, -0.15) is 0 Å². The first-order chi connectivity index (χ1) is 13.6. The molecule has 0 saturated heterocycles. The van der Waals surface area contributed by atoms with E-state index in [1.54, 1.807) is 36.4 Å². The van der Waals surface area contributed by atoms with Crippen LogP contribution in [0.5, 0.6) is 0 Å². The third kappa shape index (κ3) is 6.15. The van der Waals surface area contributed by atoms with Crippen molar-refractivity contribution >= 4 is 46.6 Å². The fourth-order valence-corrected chi connectivity index (χ4v) is 3.38. The van der Waals surface area contributed by atoms with Gasteiger partial charge in [0.05, 0.1) is 5.75 Å². The second-order valence-corrected chi connectivity index (χ2v) is 7.49. The van der Waals surface area contributed by atoms with Crippen LogP contribution in [0.15, 0.2) is 78.9 Å². The maximum absolute atomic E-state index is 12.2. The Kier molecular flexibility index (Phi) is 7.12. The Balaban J connectivity index is 1.44. The summed E-state index contributed by atoms with van der Waals surface area (Å²) in [5, 5.41) is 6.32. The van der Waals surface area contributed by atoms with Crippen molar-refractivity contribution in [1.29, 1.82) is 0 Å². The van der Waals surface area contributed by atoms with E-state index >= 15 is 0 Å². The summed E-state index contributed by atoms with van der Waals surface area (Å²) in [4.78, 5) is 24.2. The van der Waals surface area contributed by atoms with Gasteiger partial charge in [-0.05, 0) is 54.1 Å². The van der Waals surface area contributed by atoms with Gasteiger partial charge >= 0.3 is 0 Å². The minimum atomic E-state index is -0.146. The highest BCUT2D eigenvalue weighted by Crippen LogP contribution is 2.16. The molecular formula is C22H19ClN2O2S. The zero-order valence-corrected chi connectivity index (χ0v) is 16.6. The van der Waals surface area contributed by atoms with Gasteiger partial charge in [-0.1, -0.05) is 41.9 Å². The number of carbonyl (C=O) groups excluding carboxylic acids is 2. The highest BCUT2D eigenvalue weighted by atomic mass is 35.5. The van der Waals surface area contributed by atoms with E-state index in [1.807, 2.05) is 42.5 Å². The molecule has 0 spiro atoms. The van der Waals surface area contributed by atoms with Gasteiger partial charge in [0.15, 0.2) is 0 Å². The summed E-state index contributed by atoms with van der Waals surface area (Å²) in [5.74, 6) is 0.826. The van der Waals surface area contributed by atoms with Gasteiger partial charge < -0.3 is 10.6 Å². The number of halogens is 1. The Labute approximate surface area is 173 Å². The summed E-state index contributed by atoms with van der Waals surface area (Å²) in [7, 11) is 0. The van der Waals surface area contributed by atoms with Crippen molar-refractivity contribution in [2.24, 2.45) is 0 Å². The number of hydrogen-bond acceptors (Lipinski definition) is 3. The summed E-state index contributed by atoms with van der Waals surface area (Å²) < 4.78 is 0. The Bertz CT molecular complexity index is 929. The summed E-state index contributed by atoms with van der Waals surface area (Å²) in [6, 6.07) is 23.7. The zero-order chi connectivity index (χ0) is 19.8. The Morgan fingerprint density at radius 2 is 1.43 bits per heavy atom. The first kappa shape index (κ1) is 20.0. The first-order valence-corrected chi connectivity index (χ1v) is 10.2. The predicted octanol–water partition coefficient (Wildman–Crippen LogP) is 5.46. The smallest absolute Gasteiger partial charge is 0.255 e. The third-order valence-corrected chi connectivity index (χ3v) is 5.13. The van der Waals surface area contributed by atoms with Crippen molar-refractivity contribution in [1.82, 2.24) is 0 Å². The van der Waals surface area contributed by atoms with Gasteiger partial charge in [-0.3, -0.25) is 9.59 Å². The molecule has 4 nitrogen and oxygen atoms in total. The van der Waals surface area contributed by atoms with E-state index in [1.165, 1.54) is 11.8 Å². The number of thioether (sulfide) groups is 1. The standard InChI is InChI=1S/C22H19ClN2O2S/c23-18-10-12-20(13-11-18)24-21(26)15-28-14-16-6-8-17(9-7-16)22(27)25-19-4-2-1-3-5-19/h1-13H,14-15H2,(H,24,26)(H,25,27). The van der Waals surface area contributed by atoms with E-state index in [9.17, 15) is 9.59 Å². The van der Waals surface area contributed by atoms with Crippen LogP contribution < -0.4 is 10.6 Å². The highest BCUT2D eigenvalue weighted by Gasteiger charge is 2.07. The molecule has 0 saturated carbocycles. The topological polar surface area (TPSA) is 58.2 Å². The molecule has 0 unspecified atom stereocenters. The average molecular weight is 411 g/mol. The Morgan fingerprint density at radius 1 is 0.786 bits per heavy atom. The van der Waals surface area contributed by atoms with Gasteiger partial charge in [-0.25, -0.2) is 0 Å². The van der Waals surface area contributed by atoms with Crippen LogP contribution >= 0.6 is 23.4 Å². The molecule has 0 aliphatic heterocycles. The minimum Gasteiger partial charge on any atom is -0.325 e. The molecule has 2 N–H and O–H groups in total. The molecule has 0 bridgehead atoms. The number of para-hydroxylation sites is 1. The molecule has 3 rings (SSSR count). The lowest BCUT2D eigenvalue weighted by Gasteiger charge is -2.07. The van der Waals surface area contributed by atoms with Gasteiger partial charge in [0, 0.05) is 27.7 Å². The van der Waals surface area contributed by atoms with Crippen LogP contribution in [0.4, 0.5) is 11.4 Å². The summed E-state index contributed by atoms with van der Waals surface area (Å²) in [6.45, 7) is 0. The lowest BCUT2D eigenvalue weighted by Crippen LogP contribution is -2.14. The van der Waals surface area contributed by atoms with Gasteiger partial charge in [-0.15, -0.1) is 11.8 Å². The second kappa shape index (κ2) is 9.97. The normalized spacial score (nSPS) is 10.3. The second-order valence-electron chi connectivity index (χ2n) is 6.06. The van der Waals surface area contributed by atoms with E-state index < -0.39 is 0 Å². The number of rotatable bonds is 7. The average Bonchev–Trinajstić information content (AvgIpc) is 2.71. The van der Waals surface area contributed by atoms with E-state index in [-0.39, 0.29) is 11.8 Å². The predicted molar refractivity (Wildman–Crippen MR) is 117 cm³/mol. The van der Waals surface area contributed by atoms with Crippen LogP contribution in [0, 0.1) is 0 Å². The van der Waals surface area contributed by atoms with E-state index in [0.29, 0.717) is 22.1 Å². The molecule has 0 radical (unpaired) electrons. The number of hydrogen-bond donors (Lipinski definition) is 2. The quantitative estimate of drug-likeness (QED) is 0.543. The summed E-state index contributed by atoms with van der Waals surface area (Å²) >= 11 is 7.34. The molecule has 0 fully saturated rings. The molecule has 3 aromatic rings. The fraction of sp³-hybridized carbons (Fsp3) is 0.0909. The van der Waals surface area contributed by atoms with Crippen LogP contribution in [0.2, 0.25) is 5.02 Å². The van der Waals surface area contributed by atoms with Crippen molar-refractivity contribution in [3.8, 4) is 0 Å². The molecule has 6 heteroatoms. The SMILES string of the molecule is O=C(CSCc1ccc(C(=O)Nc2ccccc2)cc1)Nc1ccc(Cl)cc1. The maximum atomic E-state index is 12.2. The Morgan fingerprint density at radius 3 is 2.11 bits per heavy atom. The van der Waals surface area contributed by atoms with Crippen LogP contribution in [0.1, 0.15) is 15.9 Å². The largest absolute Gasteiger partial charge is 0.325 e. The molecule has 142 valence electrons. The van der Waals surface area contributed by atoms with Crippen molar-refractivity contribution < 1.29 is 9.59 Å². The van der Waals surface area contributed by atoms with Crippen LogP contribution in [0.3, 0.4) is 0 Å². The molecule has 3 aromatic carbocycles. The molecule has 0 atom stereocenters. The van der Waals surface area contributed by atoms with E-state index in [4.69, 9.17) is 11.6 Å². The molecule has 0 aromatic heterocycles. The molecule has 2 amide bonds. The maximum Gasteiger partial charge on any atom is 0.255 e. The van der Waals surface area contributed by atoms with E-state index in [2.05, 4.69) is 10.6 Å². The molecule has 0 aliphatic rings. The Hall–Kier alpha value is -2.76. The van der Waals surface area contributed by atoms with Gasteiger partial charge in [0.1, 0.15) is 0 Å². The fourth-order valence-electron chi connectivity index (χ4n) is 2.47. The molecule has 28 heavy (non-hydrogen) atoms. The number of benzene rings is 3. The lowest BCUT2D eigenvalue weighted by atomic mass is 10.1. The van der Waals surface area contributed by atoms with Gasteiger partial charge in [0.2, 0.25) is 5.91 Å². The third-order valence-electron chi connectivity index (χ3n) is 3.88. The zero-order valence-electron chi connectivity index (χ0n) is 15.0.